The minimum atomic E-state index is 0.150. The zero-order valence-electron chi connectivity index (χ0n) is 18.6. The Morgan fingerprint density at radius 1 is 0.667 bits per heavy atom. The van der Waals surface area contributed by atoms with E-state index in [4.69, 9.17) is 9.47 Å². The molecule has 5 atom stereocenters. The third kappa shape index (κ3) is 2.23. The molecule has 2 saturated heterocycles. The van der Waals surface area contributed by atoms with Crippen LogP contribution in [0.25, 0.3) is 0 Å². The Morgan fingerprint density at radius 3 is 2.27 bits per heavy atom. The maximum atomic E-state index is 7.31. The van der Waals surface area contributed by atoms with Crippen LogP contribution in [0, 0.1) is 10.8 Å². The van der Waals surface area contributed by atoms with Gasteiger partial charge in [0.2, 0.25) is 0 Å². The molecule has 2 heteroatoms. The van der Waals surface area contributed by atoms with Crippen LogP contribution in [-0.4, -0.2) is 24.4 Å². The molecule has 30 heavy (non-hydrogen) atoms. The highest BCUT2D eigenvalue weighted by Gasteiger charge is 2.64. The third-order valence-electron chi connectivity index (χ3n) is 10.5. The fourth-order valence-electron chi connectivity index (χ4n) is 9.36. The first kappa shape index (κ1) is 18.7. The van der Waals surface area contributed by atoms with Gasteiger partial charge in [-0.1, -0.05) is 43.4 Å². The molecule has 3 aliphatic carbocycles. The van der Waals surface area contributed by atoms with Crippen LogP contribution >= 0.6 is 0 Å². The molecule has 4 bridgehead atoms. The molecule has 0 unspecified atom stereocenters. The highest BCUT2D eigenvalue weighted by atomic mass is 16.5. The lowest BCUT2D eigenvalue weighted by molar-refractivity contribution is -0.206. The van der Waals surface area contributed by atoms with Crippen molar-refractivity contribution in [3.8, 4) is 0 Å². The average Bonchev–Trinajstić information content (AvgIpc) is 3.40. The normalized spacial score (nSPS) is 44.5. The Bertz CT molecular complexity index is 839. The van der Waals surface area contributed by atoms with E-state index in [1.54, 1.807) is 16.7 Å². The molecule has 2 nitrogen and oxygen atoms in total. The highest BCUT2D eigenvalue weighted by molar-refractivity contribution is 5.46. The van der Waals surface area contributed by atoms with E-state index >= 15 is 0 Å². The van der Waals surface area contributed by atoms with Crippen LogP contribution in [0.4, 0.5) is 0 Å². The molecule has 7 rings (SSSR count). The van der Waals surface area contributed by atoms with Gasteiger partial charge in [0, 0.05) is 10.8 Å². The van der Waals surface area contributed by atoms with Gasteiger partial charge in [-0.2, -0.15) is 0 Å². The molecule has 1 saturated carbocycles. The van der Waals surface area contributed by atoms with Crippen molar-refractivity contribution in [3.05, 3.63) is 34.4 Å². The Morgan fingerprint density at radius 2 is 1.43 bits per heavy atom. The molecule has 162 valence electrons. The van der Waals surface area contributed by atoms with Crippen LogP contribution < -0.4 is 0 Å². The summed E-state index contributed by atoms with van der Waals surface area (Å²) in [4.78, 5) is 0. The molecule has 0 aromatic carbocycles. The van der Waals surface area contributed by atoms with E-state index in [1.165, 1.54) is 95.5 Å². The van der Waals surface area contributed by atoms with Crippen LogP contribution in [-0.2, 0) is 9.47 Å². The summed E-state index contributed by atoms with van der Waals surface area (Å²) in [6, 6.07) is 0. The first-order valence-corrected chi connectivity index (χ1v) is 13.2. The second kappa shape index (κ2) is 6.58. The lowest BCUT2D eigenvalue weighted by Gasteiger charge is -2.62. The lowest BCUT2D eigenvalue weighted by atomic mass is 9.54. The summed E-state index contributed by atoms with van der Waals surface area (Å²) in [5, 5.41) is 0. The fraction of sp³-hybridized carbons (Fsp3) is 0.786. The van der Waals surface area contributed by atoms with Crippen molar-refractivity contribution < 1.29 is 9.47 Å². The van der Waals surface area contributed by atoms with Crippen LogP contribution in [0.5, 0.6) is 0 Å². The van der Waals surface area contributed by atoms with E-state index in [0.717, 1.165) is 12.8 Å². The second-order valence-corrected chi connectivity index (χ2v) is 11.6. The number of ether oxygens (including phenoxy) is 2. The Labute approximate surface area is 182 Å². The van der Waals surface area contributed by atoms with Gasteiger partial charge in [0.1, 0.15) is 0 Å². The lowest BCUT2D eigenvalue weighted by Crippen LogP contribution is -2.62. The van der Waals surface area contributed by atoms with Crippen LogP contribution in [0.1, 0.15) is 103 Å². The number of hydrogen-bond acceptors (Lipinski definition) is 2. The topological polar surface area (TPSA) is 18.5 Å². The summed E-state index contributed by atoms with van der Waals surface area (Å²) in [5.41, 5.74) is 8.96. The van der Waals surface area contributed by atoms with Crippen molar-refractivity contribution in [1.82, 2.24) is 0 Å². The Hall–Kier alpha value is -0.860. The molecular weight excluding hydrogens is 368 g/mol. The zero-order chi connectivity index (χ0) is 19.9. The van der Waals surface area contributed by atoms with E-state index in [-0.39, 0.29) is 11.5 Å². The molecule has 2 spiro atoms. The van der Waals surface area contributed by atoms with Gasteiger partial charge in [-0.05, 0) is 93.8 Å². The Balaban J connectivity index is 1.39. The van der Waals surface area contributed by atoms with E-state index in [2.05, 4.69) is 6.58 Å². The average molecular weight is 407 g/mol. The first-order valence-electron chi connectivity index (χ1n) is 13.2. The predicted octanol–water partition coefficient (Wildman–Crippen LogP) is 6.95. The summed E-state index contributed by atoms with van der Waals surface area (Å²) in [6.07, 6.45) is 22.6. The molecule has 0 amide bonds. The maximum Gasteiger partial charge on any atom is 0.1000 e. The van der Waals surface area contributed by atoms with Crippen molar-refractivity contribution in [2.24, 2.45) is 10.8 Å². The zero-order valence-corrected chi connectivity index (χ0v) is 18.6. The summed E-state index contributed by atoms with van der Waals surface area (Å²) >= 11 is 0. The van der Waals surface area contributed by atoms with E-state index in [1.807, 2.05) is 5.57 Å². The highest BCUT2D eigenvalue weighted by Crippen LogP contribution is 2.66. The predicted molar refractivity (Wildman–Crippen MR) is 119 cm³/mol. The third-order valence-corrected chi connectivity index (χ3v) is 10.5. The minimum Gasteiger partial charge on any atom is -0.369 e. The van der Waals surface area contributed by atoms with Gasteiger partial charge in [-0.3, -0.25) is 0 Å². The SMILES string of the molecule is C=C1CC[C@H]2O[C@@H]1C1=C(CCC1)[C@@]21CC[C@H]2O[C@@H]1C1=C(CCC1)C21CCCCCC1. The number of rotatable bonds is 0. The molecule has 0 aromatic rings. The van der Waals surface area contributed by atoms with Gasteiger partial charge in [-0.25, -0.2) is 0 Å². The van der Waals surface area contributed by atoms with Crippen LogP contribution in [0.2, 0.25) is 0 Å². The smallest absolute Gasteiger partial charge is 0.1000 e. The monoisotopic (exact) mass is 406 g/mol. The van der Waals surface area contributed by atoms with E-state index < -0.39 is 0 Å². The molecule has 0 N–H and O–H groups in total. The van der Waals surface area contributed by atoms with Crippen molar-refractivity contribution in [3.63, 3.8) is 0 Å². The van der Waals surface area contributed by atoms with Crippen molar-refractivity contribution in [2.45, 2.75) is 127 Å². The molecule has 0 aromatic heterocycles. The van der Waals surface area contributed by atoms with Gasteiger partial charge in [0.05, 0.1) is 24.4 Å². The van der Waals surface area contributed by atoms with Crippen molar-refractivity contribution in [2.75, 3.05) is 0 Å². The molecule has 7 aliphatic rings. The second-order valence-electron chi connectivity index (χ2n) is 11.6. The van der Waals surface area contributed by atoms with Gasteiger partial charge < -0.3 is 9.47 Å². The number of hydrogen-bond donors (Lipinski definition) is 0. The maximum absolute atomic E-state index is 7.31. The Kier molecular flexibility index (Phi) is 4.10. The molecule has 4 aliphatic heterocycles. The van der Waals surface area contributed by atoms with E-state index in [9.17, 15) is 0 Å². The van der Waals surface area contributed by atoms with Gasteiger partial charge in [-0.15, -0.1) is 0 Å². The molecular formula is C28H38O2. The summed E-state index contributed by atoms with van der Waals surface area (Å²) in [5.74, 6) is 0. The molecule has 4 heterocycles. The van der Waals surface area contributed by atoms with E-state index in [0.29, 0.717) is 23.7 Å². The fourth-order valence-corrected chi connectivity index (χ4v) is 9.36. The summed E-state index contributed by atoms with van der Waals surface area (Å²) in [6.45, 7) is 4.41. The number of fused-ring (bicyclic) bond motifs is 11. The van der Waals surface area contributed by atoms with Crippen molar-refractivity contribution in [1.29, 1.82) is 0 Å². The van der Waals surface area contributed by atoms with Crippen molar-refractivity contribution >= 4 is 0 Å². The van der Waals surface area contributed by atoms with Crippen LogP contribution in [0.3, 0.4) is 0 Å². The molecule has 0 radical (unpaired) electrons. The van der Waals surface area contributed by atoms with Gasteiger partial charge >= 0.3 is 0 Å². The summed E-state index contributed by atoms with van der Waals surface area (Å²) < 4.78 is 14.2. The molecule has 3 fully saturated rings. The standard InChI is InChI=1S/C28H38O2/c1-18-12-13-24-28(22-11-6-8-19(22)25(18)29-24)17-14-23-27(15-4-2-3-5-16-27)21-10-7-9-20(21)26(28)30-23/h23-26H,1-17H2/t23-,24-,25+,26-,28+/m1/s1. The summed E-state index contributed by atoms with van der Waals surface area (Å²) in [7, 11) is 0. The van der Waals surface area contributed by atoms with Gasteiger partial charge in [0.25, 0.3) is 0 Å². The quantitative estimate of drug-likeness (QED) is 0.405. The van der Waals surface area contributed by atoms with Gasteiger partial charge in [0.15, 0.2) is 0 Å². The minimum absolute atomic E-state index is 0.150. The largest absolute Gasteiger partial charge is 0.369 e. The van der Waals surface area contributed by atoms with Crippen LogP contribution in [0.15, 0.2) is 34.4 Å². The first-order chi connectivity index (χ1) is 14.7.